The van der Waals surface area contributed by atoms with Gasteiger partial charge in [0.15, 0.2) is 0 Å². The Morgan fingerprint density at radius 1 is 0.705 bits per heavy atom. The normalized spacial score (nSPS) is 19.2. The number of carbonyl (C=O) groups is 11. The monoisotopic (exact) mass is 1330 g/mol. The first-order valence-corrected chi connectivity index (χ1v) is 33.4. The van der Waals surface area contributed by atoms with Crippen molar-refractivity contribution in [3.05, 3.63) is 77.9 Å². The van der Waals surface area contributed by atoms with E-state index in [1.54, 1.807) is 104 Å². The summed E-state index contributed by atoms with van der Waals surface area (Å²) in [6, 6.07) is 8.78. The highest BCUT2D eigenvalue weighted by atomic mass is 16.6. The van der Waals surface area contributed by atoms with Gasteiger partial charge in [-0.15, -0.1) is 0 Å². The molecule has 95 heavy (non-hydrogen) atoms. The zero-order valence-electron chi connectivity index (χ0n) is 57.9. The van der Waals surface area contributed by atoms with Gasteiger partial charge in [-0.3, -0.25) is 53.0 Å². The van der Waals surface area contributed by atoms with Gasteiger partial charge in [0, 0.05) is 71.7 Å². The minimum atomic E-state index is -1.11. The van der Waals surface area contributed by atoms with Gasteiger partial charge in [-0.1, -0.05) is 118 Å². The first-order valence-electron chi connectivity index (χ1n) is 33.4. The number of nitrogens with zero attached hydrogens (tertiary/aromatic N) is 4. The smallest absolute Gasteiger partial charge is 0.410 e. The quantitative estimate of drug-likeness (QED) is 0.0321. The van der Waals surface area contributed by atoms with Crippen molar-refractivity contribution in [1.29, 1.82) is 0 Å². The number of unbranched alkanes of at least 4 members (excludes halogenated alkanes) is 2. The molecule has 2 aromatic carbocycles. The van der Waals surface area contributed by atoms with Crippen LogP contribution in [0.5, 0.6) is 0 Å². The van der Waals surface area contributed by atoms with Crippen LogP contribution < -0.4 is 37.6 Å². The number of hydrogen-bond acceptors (Lipinski definition) is 15. The van der Waals surface area contributed by atoms with E-state index in [1.165, 1.54) is 38.3 Å². The number of rotatable bonds is 38. The van der Waals surface area contributed by atoms with Gasteiger partial charge in [-0.05, 0) is 98.3 Å². The van der Waals surface area contributed by atoms with Crippen molar-refractivity contribution >= 4 is 71.0 Å². The Labute approximate surface area is 559 Å². The van der Waals surface area contributed by atoms with Crippen LogP contribution in [0.2, 0.25) is 0 Å². The number of methoxy groups -OCH3 is 2. The van der Waals surface area contributed by atoms with Gasteiger partial charge in [0.1, 0.15) is 30.8 Å². The summed E-state index contributed by atoms with van der Waals surface area (Å²) in [6.07, 6.45) is 3.20. The number of anilines is 1. The summed E-state index contributed by atoms with van der Waals surface area (Å²) in [5.41, 5.74) is 6.78. The molecule has 2 fully saturated rings. The minimum Gasteiger partial charge on any atom is -0.445 e. The lowest BCUT2D eigenvalue weighted by Gasteiger charge is -2.41. The lowest BCUT2D eigenvalue weighted by molar-refractivity contribution is -0.149. The molecule has 2 aromatic rings. The Bertz CT molecular complexity index is 2970. The number of primary amides is 1. The Hall–Kier alpha value is -7.97. The summed E-state index contributed by atoms with van der Waals surface area (Å²) >= 11 is 0. The number of piperidine rings is 1. The van der Waals surface area contributed by atoms with Gasteiger partial charge >= 0.3 is 12.1 Å². The fourth-order valence-corrected chi connectivity index (χ4v) is 12.8. The van der Waals surface area contributed by atoms with Crippen LogP contribution >= 0.6 is 0 Å². The maximum Gasteiger partial charge on any atom is 0.410 e. The van der Waals surface area contributed by atoms with Crippen LogP contribution in [-0.4, -0.2) is 192 Å². The molecule has 1 saturated heterocycles. The number of amides is 12. The second-order valence-corrected chi connectivity index (χ2v) is 26.6. The number of hydrogen-bond donors (Lipinski definition) is 8. The molecule has 0 radical (unpaired) electrons. The van der Waals surface area contributed by atoms with E-state index < -0.39 is 114 Å². The van der Waals surface area contributed by atoms with Crippen LogP contribution in [0, 0.1) is 35.5 Å². The number of urea groups is 1. The Morgan fingerprint density at radius 3 is 1.93 bits per heavy atom. The predicted octanol–water partition coefficient (Wildman–Crippen LogP) is 5.08. The third-order valence-electron chi connectivity index (χ3n) is 18.5. The summed E-state index contributed by atoms with van der Waals surface area (Å²) in [5.74, 6) is -5.69. The van der Waals surface area contributed by atoms with E-state index in [0.717, 1.165) is 11.3 Å². The molecule has 0 spiro atoms. The number of fused-ring (bicyclic) bond motifs is 1. The van der Waals surface area contributed by atoms with Crippen molar-refractivity contribution in [3.63, 3.8) is 0 Å². The molecule has 26 heteroatoms. The third kappa shape index (κ3) is 21.8. The van der Waals surface area contributed by atoms with Gasteiger partial charge < -0.3 is 66.8 Å². The molecule has 9 N–H and O–H groups in total. The second kappa shape index (κ2) is 36.8. The molecule has 0 unspecified atom stereocenters. The molecule has 0 bridgehead atoms. The molecule has 2 aliphatic heterocycles. The number of likely N-dealkylation sites (N-methyl/N-ethyl adjacent to an activating group) is 2. The molecule has 3 aliphatic rings. The van der Waals surface area contributed by atoms with Crippen molar-refractivity contribution in [1.82, 2.24) is 46.2 Å². The molecule has 1 saturated carbocycles. The highest BCUT2D eigenvalue weighted by molar-refractivity contribution is 6.12. The van der Waals surface area contributed by atoms with E-state index in [0.29, 0.717) is 48.9 Å². The summed E-state index contributed by atoms with van der Waals surface area (Å²) in [7, 11) is 6.13. The van der Waals surface area contributed by atoms with Crippen LogP contribution in [0.1, 0.15) is 151 Å². The van der Waals surface area contributed by atoms with Crippen LogP contribution in [0.15, 0.2) is 66.7 Å². The molecular weight excluding hydrogens is 1220 g/mol. The van der Waals surface area contributed by atoms with Gasteiger partial charge in [-0.25, -0.2) is 9.59 Å². The van der Waals surface area contributed by atoms with E-state index in [1.807, 2.05) is 36.9 Å². The third-order valence-corrected chi connectivity index (χ3v) is 18.5. The van der Waals surface area contributed by atoms with Crippen molar-refractivity contribution in [2.45, 2.75) is 207 Å². The number of aliphatic hydroxyl groups excluding tert-OH is 1. The van der Waals surface area contributed by atoms with Gasteiger partial charge in [0.2, 0.25) is 41.4 Å². The number of aliphatic hydroxyl groups is 1. The van der Waals surface area contributed by atoms with Gasteiger partial charge in [0.25, 0.3) is 11.8 Å². The number of nitrogens with two attached hydrogens (primary N) is 1. The van der Waals surface area contributed by atoms with Gasteiger partial charge in [0.05, 0.1) is 48.8 Å². The molecule has 12 amide bonds. The number of imide groups is 1. The van der Waals surface area contributed by atoms with Crippen LogP contribution in [0.4, 0.5) is 15.3 Å². The summed E-state index contributed by atoms with van der Waals surface area (Å²) < 4.78 is 17.9. The second-order valence-electron chi connectivity index (χ2n) is 26.6. The summed E-state index contributed by atoms with van der Waals surface area (Å²) in [5, 5.41) is 27.7. The number of likely N-dealkylation sites (tertiary alicyclic amines) is 1. The molecular formula is C69H105N11O15. The summed E-state index contributed by atoms with van der Waals surface area (Å²) in [4.78, 5) is 153. The molecule has 5 rings (SSSR count). The fourth-order valence-electron chi connectivity index (χ4n) is 12.8. The van der Waals surface area contributed by atoms with Crippen molar-refractivity contribution < 1.29 is 72.1 Å². The number of ether oxygens (including phenoxy) is 3. The van der Waals surface area contributed by atoms with E-state index in [9.17, 15) is 57.8 Å². The van der Waals surface area contributed by atoms with Crippen LogP contribution in [-0.2, 0) is 64.0 Å². The highest BCUT2D eigenvalue weighted by Crippen LogP contribution is 2.50. The fraction of sp³-hybridized carbons (Fsp3) is 0.638. The molecule has 26 nitrogen and oxygen atoms in total. The SMILES string of the molecule is CC[C@H](C)[C@@H]([C@@H](CC(=O)N1[C@H]2C[C@H]2C[C@H]1[C@H](OC)[C@@H](C)C(=O)N[C@H](C)[C@@H](O)c1ccccc1)OC)N(C)C(=O)[C@@H](NC(=O)[C@H](C(C)C)N(C)C(=O)OCc1ccc(NC(=O)[C@H](CCCNC(N)=O)NC(=O)[C@@H](NC(=O)CCCCCN2C(=O)C=CC2=O)C(C)C)cc1)C(C)C. The topological polar surface area (TPSA) is 347 Å². The van der Waals surface area contributed by atoms with E-state index in [2.05, 4.69) is 31.9 Å². The van der Waals surface area contributed by atoms with E-state index in [4.69, 9.17) is 19.9 Å². The molecule has 2 heterocycles. The molecule has 526 valence electrons. The van der Waals surface area contributed by atoms with Crippen molar-refractivity contribution in [3.8, 4) is 0 Å². The number of carbonyl (C=O) groups excluding carboxylic acids is 11. The first-order chi connectivity index (χ1) is 44.9. The Kier molecular flexibility index (Phi) is 30.1. The summed E-state index contributed by atoms with van der Waals surface area (Å²) in [6.45, 7) is 18.2. The Morgan fingerprint density at radius 2 is 1.35 bits per heavy atom. The zero-order valence-corrected chi connectivity index (χ0v) is 57.9. The largest absolute Gasteiger partial charge is 0.445 e. The molecule has 1 aliphatic carbocycles. The van der Waals surface area contributed by atoms with Crippen LogP contribution in [0.25, 0.3) is 0 Å². The maximum absolute atomic E-state index is 14.9. The van der Waals surface area contributed by atoms with E-state index >= 15 is 0 Å². The van der Waals surface area contributed by atoms with Crippen molar-refractivity contribution in [2.75, 3.05) is 46.7 Å². The van der Waals surface area contributed by atoms with Gasteiger partial charge in [-0.2, -0.15) is 0 Å². The maximum atomic E-state index is 14.9. The average Bonchev–Trinajstić information content (AvgIpc) is 1.58. The predicted molar refractivity (Wildman–Crippen MR) is 356 cm³/mol. The number of benzene rings is 2. The first kappa shape index (κ1) is 77.7. The van der Waals surface area contributed by atoms with E-state index in [-0.39, 0.29) is 98.7 Å². The average molecular weight is 1330 g/mol. The minimum absolute atomic E-state index is 0.0301. The molecule has 0 aromatic heterocycles. The zero-order chi connectivity index (χ0) is 70.5. The number of nitrogens with one attached hydrogen (secondary N) is 6. The standard InChI is InChI=1S/C69H105N11O15/c1-15-42(8)60(52(93-13)37-56(84)80-50-35-47(50)36-51(80)62(94-14)43(9)63(86)72-44(10)61(85)46-23-18-16-19-24-46)77(11)67(90)58(40(4)5)76-66(89)59(41(6)7)78(12)69(92)95-38-45-27-29-48(30-28-45)73-64(87)49(25-22-33-71-68(70)91)74-65(88)57(39(2)3)75-53(81)26-20-17-21-34-79-54(82)31-32-55(79)83/h16,18-19,23-24,27-32,39-44,47,49-52,57-62,85H,15,17,20-22,25-26,33-38H2,1-14H3,(H,72,86)(H,73,87)(H,74,88)(H,75,81)(H,76,89)(H3,70,71,91)/t42-,43+,44+,47-,49-,50-,51-,52+,57-,58-,59-,60-,61+,62+/m0/s1. The lowest BCUT2D eigenvalue weighted by atomic mass is 9.89. The Balaban J connectivity index is 1.18. The van der Waals surface area contributed by atoms with Crippen LogP contribution in [0.3, 0.4) is 0 Å². The lowest BCUT2D eigenvalue weighted by Crippen LogP contribution is -2.60. The molecule has 14 atom stereocenters. The highest BCUT2D eigenvalue weighted by Gasteiger charge is 2.57. The van der Waals surface area contributed by atoms with Crippen molar-refractivity contribution in [2.24, 2.45) is 41.2 Å².